The number of rotatable bonds is 4. The monoisotopic (exact) mass is 241 g/mol. The molecule has 2 nitrogen and oxygen atoms in total. The quantitative estimate of drug-likeness (QED) is 0.887. The van der Waals surface area contributed by atoms with E-state index in [9.17, 15) is 0 Å². The minimum atomic E-state index is 0.0659. The SMILES string of the molecule is Cc1ccc(COc2ccc(C(C)N)cc2)cc1. The van der Waals surface area contributed by atoms with E-state index in [1.165, 1.54) is 11.1 Å². The van der Waals surface area contributed by atoms with E-state index in [0.29, 0.717) is 6.61 Å². The smallest absolute Gasteiger partial charge is 0.119 e. The Morgan fingerprint density at radius 3 is 2.17 bits per heavy atom. The van der Waals surface area contributed by atoms with Crippen molar-refractivity contribution in [3.8, 4) is 5.75 Å². The first-order chi connectivity index (χ1) is 8.65. The molecule has 1 atom stereocenters. The maximum atomic E-state index is 5.80. The van der Waals surface area contributed by atoms with Gasteiger partial charge in [-0.3, -0.25) is 0 Å². The van der Waals surface area contributed by atoms with E-state index >= 15 is 0 Å². The first-order valence-corrected chi connectivity index (χ1v) is 6.19. The van der Waals surface area contributed by atoms with Crippen molar-refractivity contribution in [2.45, 2.75) is 26.5 Å². The Balaban J connectivity index is 1.95. The van der Waals surface area contributed by atoms with Crippen molar-refractivity contribution in [3.05, 3.63) is 65.2 Å². The number of hydrogen-bond donors (Lipinski definition) is 1. The summed E-state index contributed by atoms with van der Waals surface area (Å²) in [5, 5.41) is 0. The summed E-state index contributed by atoms with van der Waals surface area (Å²) in [4.78, 5) is 0. The first-order valence-electron chi connectivity index (χ1n) is 6.19. The van der Waals surface area contributed by atoms with Crippen molar-refractivity contribution in [1.82, 2.24) is 0 Å². The van der Waals surface area contributed by atoms with Gasteiger partial charge in [-0.05, 0) is 37.1 Å². The molecule has 2 heteroatoms. The average molecular weight is 241 g/mol. The highest BCUT2D eigenvalue weighted by molar-refractivity contribution is 5.29. The third-order valence-electron chi connectivity index (χ3n) is 2.93. The summed E-state index contributed by atoms with van der Waals surface area (Å²) in [6, 6.07) is 16.4. The van der Waals surface area contributed by atoms with Gasteiger partial charge >= 0.3 is 0 Å². The van der Waals surface area contributed by atoms with Crippen molar-refractivity contribution in [2.24, 2.45) is 5.73 Å². The molecule has 0 aromatic heterocycles. The Hall–Kier alpha value is -1.80. The Morgan fingerprint density at radius 1 is 1.00 bits per heavy atom. The third-order valence-corrected chi connectivity index (χ3v) is 2.93. The van der Waals surface area contributed by atoms with E-state index in [1.54, 1.807) is 0 Å². The number of ether oxygens (including phenoxy) is 1. The normalized spacial score (nSPS) is 12.2. The van der Waals surface area contributed by atoms with E-state index < -0.39 is 0 Å². The maximum absolute atomic E-state index is 5.80. The zero-order chi connectivity index (χ0) is 13.0. The molecule has 2 aromatic rings. The van der Waals surface area contributed by atoms with Gasteiger partial charge in [-0.1, -0.05) is 42.0 Å². The van der Waals surface area contributed by atoms with Crippen LogP contribution in [-0.4, -0.2) is 0 Å². The molecule has 1 unspecified atom stereocenters. The van der Waals surface area contributed by atoms with Crippen molar-refractivity contribution in [3.63, 3.8) is 0 Å². The van der Waals surface area contributed by atoms with E-state index in [1.807, 2.05) is 31.2 Å². The van der Waals surface area contributed by atoms with Crippen LogP contribution in [0.2, 0.25) is 0 Å². The van der Waals surface area contributed by atoms with Crippen LogP contribution in [0.3, 0.4) is 0 Å². The lowest BCUT2D eigenvalue weighted by molar-refractivity contribution is 0.306. The molecule has 0 amide bonds. The highest BCUT2D eigenvalue weighted by atomic mass is 16.5. The summed E-state index contributed by atoms with van der Waals surface area (Å²) in [6.45, 7) is 4.65. The largest absolute Gasteiger partial charge is 0.489 e. The second-order valence-electron chi connectivity index (χ2n) is 4.63. The Bertz CT molecular complexity index is 486. The van der Waals surface area contributed by atoms with E-state index in [4.69, 9.17) is 10.5 Å². The fourth-order valence-electron chi connectivity index (χ4n) is 1.72. The van der Waals surface area contributed by atoms with Crippen LogP contribution in [0.4, 0.5) is 0 Å². The summed E-state index contributed by atoms with van der Waals surface area (Å²) in [7, 11) is 0. The summed E-state index contributed by atoms with van der Waals surface area (Å²) in [5.41, 5.74) is 9.37. The van der Waals surface area contributed by atoms with E-state index in [-0.39, 0.29) is 6.04 Å². The molecular formula is C16H19NO. The van der Waals surface area contributed by atoms with Crippen LogP contribution in [-0.2, 0) is 6.61 Å². The van der Waals surface area contributed by atoms with Gasteiger partial charge in [-0.25, -0.2) is 0 Å². The molecule has 18 heavy (non-hydrogen) atoms. The van der Waals surface area contributed by atoms with Crippen molar-refractivity contribution in [1.29, 1.82) is 0 Å². The molecule has 2 rings (SSSR count). The molecule has 0 saturated heterocycles. The number of hydrogen-bond acceptors (Lipinski definition) is 2. The summed E-state index contributed by atoms with van der Waals surface area (Å²) in [5.74, 6) is 0.875. The lowest BCUT2D eigenvalue weighted by atomic mass is 10.1. The molecule has 0 radical (unpaired) electrons. The molecule has 0 heterocycles. The first kappa shape index (κ1) is 12.7. The van der Waals surface area contributed by atoms with Gasteiger partial charge in [-0.15, -0.1) is 0 Å². The number of aryl methyl sites for hydroxylation is 1. The van der Waals surface area contributed by atoms with Crippen LogP contribution in [0, 0.1) is 6.92 Å². The van der Waals surface area contributed by atoms with Gasteiger partial charge in [0.25, 0.3) is 0 Å². The number of benzene rings is 2. The summed E-state index contributed by atoms with van der Waals surface area (Å²) in [6.07, 6.45) is 0. The molecule has 0 aliphatic carbocycles. The Morgan fingerprint density at radius 2 is 1.61 bits per heavy atom. The lowest BCUT2D eigenvalue weighted by Crippen LogP contribution is -2.04. The van der Waals surface area contributed by atoms with Crippen molar-refractivity contribution in [2.75, 3.05) is 0 Å². The molecule has 0 bridgehead atoms. The van der Waals surface area contributed by atoms with Gasteiger partial charge in [0, 0.05) is 6.04 Å². The average Bonchev–Trinajstić information content (AvgIpc) is 2.38. The minimum absolute atomic E-state index is 0.0659. The fourth-order valence-corrected chi connectivity index (χ4v) is 1.72. The summed E-state index contributed by atoms with van der Waals surface area (Å²) < 4.78 is 5.73. The Kier molecular flexibility index (Phi) is 4.00. The van der Waals surface area contributed by atoms with E-state index in [0.717, 1.165) is 11.3 Å². The zero-order valence-corrected chi connectivity index (χ0v) is 10.9. The second-order valence-corrected chi connectivity index (χ2v) is 4.63. The van der Waals surface area contributed by atoms with Crippen LogP contribution in [0.5, 0.6) is 5.75 Å². The van der Waals surface area contributed by atoms with Gasteiger partial charge < -0.3 is 10.5 Å². The maximum Gasteiger partial charge on any atom is 0.119 e. The highest BCUT2D eigenvalue weighted by Crippen LogP contribution is 2.17. The second kappa shape index (κ2) is 5.69. The fraction of sp³-hybridized carbons (Fsp3) is 0.250. The van der Waals surface area contributed by atoms with Gasteiger partial charge in [0.2, 0.25) is 0 Å². The van der Waals surface area contributed by atoms with Crippen LogP contribution >= 0.6 is 0 Å². The van der Waals surface area contributed by atoms with Crippen LogP contribution in [0.15, 0.2) is 48.5 Å². The third kappa shape index (κ3) is 3.34. The molecule has 0 aliphatic heterocycles. The number of nitrogens with two attached hydrogens (primary N) is 1. The molecule has 94 valence electrons. The van der Waals surface area contributed by atoms with Gasteiger partial charge in [0.05, 0.1) is 0 Å². The van der Waals surface area contributed by atoms with Gasteiger partial charge in [-0.2, -0.15) is 0 Å². The molecule has 2 aromatic carbocycles. The highest BCUT2D eigenvalue weighted by Gasteiger charge is 2.00. The zero-order valence-electron chi connectivity index (χ0n) is 10.9. The Labute approximate surface area is 108 Å². The molecule has 0 saturated carbocycles. The minimum Gasteiger partial charge on any atom is -0.489 e. The van der Waals surface area contributed by atoms with Crippen molar-refractivity contribution >= 4 is 0 Å². The molecule has 0 spiro atoms. The lowest BCUT2D eigenvalue weighted by Gasteiger charge is -2.09. The standard InChI is InChI=1S/C16H19NO/c1-12-3-5-14(6-4-12)11-18-16-9-7-15(8-10-16)13(2)17/h3-10,13H,11,17H2,1-2H3. The summed E-state index contributed by atoms with van der Waals surface area (Å²) >= 11 is 0. The molecular weight excluding hydrogens is 222 g/mol. The van der Waals surface area contributed by atoms with Crippen molar-refractivity contribution < 1.29 is 4.74 Å². The van der Waals surface area contributed by atoms with Gasteiger partial charge in [0.1, 0.15) is 12.4 Å². The van der Waals surface area contributed by atoms with Crippen LogP contribution in [0.25, 0.3) is 0 Å². The molecule has 2 N–H and O–H groups in total. The van der Waals surface area contributed by atoms with E-state index in [2.05, 4.69) is 31.2 Å². The van der Waals surface area contributed by atoms with Crippen LogP contribution in [0.1, 0.15) is 29.7 Å². The van der Waals surface area contributed by atoms with Gasteiger partial charge in [0.15, 0.2) is 0 Å². The molecule has 0 fully saturated rings. The van der Waals surface area contributed by atoms with Crippen LogP contribution < -0.4 is 10.5 Å². The topological polar surface area (TPSA) is 35.2 Å². The predicted molar refractivity (Wildman–Crippen MR) is 74.6 cm³/mol. The predicted octanol–water partition coefficient (Wildman–Crippen LogP) is 3.59. The molecule has 0 aliphatic rings.